The number of carbonyl (C=O) groups is 2. The van der Waals surface area contributed by atoms with Gasteiger partial charge in [-0.05, 0) is 6.42 Å². The molecule has 0 aromatic carbocycles. The van der Waals surface area contributed by atoms with Gasteiger partial charge < -0.3 is 15.3 Å². The van der Waals surface area contributed by atoms with Crippen LogP contribution in [-0.2, 0) is 20.4 Å². The molecule has 0 rings (SSSR count). The molecule has 136 valence electrons. The van der Waals surface area contributed by atoms with Crippen molar-refractivity contribution in [1.29, 1.82) is 0 Å². The van der Waals surface area contributed by atoms with Gasteiger partial charge >= 0.3 is 11.9 Å². The van der Waals surface area contributed by atoms with E-state index in [4.69, 9.17) is 10.2 Å². The van der Waals surface area contributed by atoms with Crippen LogP contribution in [0, 0.1) is 0 Å². The third-order valence-corrected chi connectivity index (χ3v) is 5.48. The molecule has 0 amide bonds. The second kappa shape index (κ2) is 13.5. The maximum Gasteiger partial charge on any atom is 0.334 e. The lowest BCUT2D eigenvalue weighted by molar-refractivity contribution is -0.152. The Morgan fingerprint density at radius 2 is 1.26 bits per heavy atom. The van der Waals surface area contributed by atoms with E-state index in [1.54, 1.807) is 0 Å². The van der Waals surface area contributed by atoms with Gasteiger partial charge in [-0.25, -0.2) is 4.79 Å². The Morgan fingerprint density at radius 1 is 0.826 bits per heavy atom. The van der Waals surface area contributed by atoms with Crippen LogP contribution >= 0.6 is 0 Å². The fourth-order valence-electron chi connectivity index (χ4n) is 2.38. The van der Waals surface area contributed by atoms with Crippen molar-refractivity contribution in [3.05, 3.63) is 0 Å². The molecule has 0 aliphatic carbocycles. The second-order valence-corrected chi connectivity index (χ2v) is 7.49. The minimum atomic E-state index is -2.13. The zero-order valence-corrected chi connectivity index (χ0v) is 14.7. The van der Waals surface area contributed by atoms with Crippen molar-refractivity contribution >= 4 is 22.7 Å². The summed E-state index contributed by atoms with van der Waals surface area (Å²) < 4.78 is 11.9. The highest BCUT2D eigenvalue weighted by atomic mass is 32.2. The first-order valence-corrected chi connectivity index (χ1v) is 9.80. The van der Waals surface area contributed by atoms with E-state index in [9.17, 15) is 18.9 Å². The van der Waals surface area contributed by atoms with Crippen LogP contribution in [0.15, 0.2) is 0 Å². The number of aliphatic hydroxyl groups is 1. The molecule has 0 aliphatic heterocycles. The monoisotopic (exact) mass is 350 g/mol. The Bertz CT molecular complexity index is 372. The highest BCUT2D eigenvalue weighted by molar-refractivity contribution is 7.86. The fourth-order valence-corrected chi connectivity index (χ4v) is 3.75. The van der Waals surface area contributed by atoms with E-state index in [0.717, 1.165) is 19.3 Å². The maximum absolute atomic E-state index is 11.9. The molecule has 0 bridgehead atoms. The predicted molar refractivity (Wildman–Crippen MR) is 89.9 cm³/mol. The summed E-state index contributed by atoms with van der Waals surface area (Å²) in [6.07, 6.45) is 8.92. The summed E-state index contributed by atoms with van der Waals surface area (Å²) >= 11 is 0. The van der Waals surface area contributed by atoms with E-state index in [0.29, 0.717) is 6.42 Å². The Hall–Kier alpha value is -0.950. The van der Waals surface area contributed by atoms with Gasteiger partial charge in [0.15, 0.2) is 11.4 Å². The van der Waals surface area contributed by atoms with Crippen LogP contribution < -0.4 is 0 Å². The van der Waals surface area contributed by atoms with Gasteiger partial charge in [0.25, 0.3) is 0 Å². The number of carboxylic acids is 2. The number of aliphatic hydroxyl groups excluding tert-OH is 1. The van der Waals surface area contributed by atoms with Crippen molar-refractivity contribution in [2.24, 2.45) is 0 Å². The molecule has 0 saturated heterocycles. The Morgan fingerprint density at radius 3 is 1.65 bits per heavy atom. The minimum Gasteiger partial charge on any atom is -0.480 e. The molecule has 0 aromatic heterocycles. The third kappa shape index (κ3) is 10.4. The lowest BCUT2D eigenvalue weighted by Crippen LogP contribution is -2.43. The van der Waals surface area contributed by atoms with Crippen LogP contribution in [0.2, 0.25) is 0 Å². The molecule has 3 N–H and O–H groups in total. The van der Waals surface area contributed by atoms with E-state index in [2.05, 4.69) is 6.92 Å². The van der Waals surface area contributed by atoms with Crippen LogP contribution in [0.4, 0.5) is 0 Å². The Kier molecular flexibility index (Phi) is 12.9. The normalized spacial score (nSPS) is 15.0. The first-order valence-electron chi connectivity index (χ1n) is 8.42. The Balaban J connectivity index is 3.80. The van der Waals surface area contributed by atoms with Crippen molar-refractivity contribution in [3.8, 4) is 0 Å². The topological polar surface area (TPSA) is 112 Å². The number of unbranched alkanes of at least 4 members (excludes halogenated alkanes) is 9. The van der Waals surface area contributed by atoms with Crippen molar-refractivity contribution in [3.63, 3.8) is 0 Å². The molecule has 23 heavy (non-hydrogen) atoms. The van der Waals surface area contributed by atoms with E-state index < -0.39 is 34.1 Å². The van der Waals surface area contributed by atoms with Crippen LogP contribution in [0.25, 0.3) is 0 Å². The van der Waals surface area contributed by atoms with Crippen molar-refractivity contribution in [1.82, 2.24) is 0 Å². The molecule has 0 fully saturated rings. The summed E-state index contributed by atoms with van der Waals surface area (Å²) in [7, 11) is -1.88. The lowest BCUT2D eigenvalue weighted by atomic mass is 10.1. The van der Waals surface area contributed by atoms with Gasteiger partial charge in [-0.3, -0.25) is 9.00 Å². The summed E-state index contributed by atoms with van der Waals surface area (Å²) in [5.74, 6) is -3.09. The molecule has 0 heterocycles. The lowest BCUT2D eigenvalue weighted by Gasteiger charge is -2.15. The quantitative estimate of drug-likeness (QED) is 0.391. The van der Waals surface area contributed by atoms with Crippen LogP contribution in [-0.4, -0.2) is 48.6 Å². The first kappa shape index (κ1) is 22.1. The summed E-state index contributed by atoms with van der Waals surface area (Å²) in [5, 5.41) is 25.1. The predicted octanol–water partition coefficient (Wildman–Crippen LogP) is 2.55. The number of rotatable bonds is 15. The third-order valence-electron chi connectivity index (χ3n) is 3.77. The Labute approximate surface area is 140 Å². The van der Waals surface area contributed by atoms with Crippen molar-refractivity contribution < 1.29 is 29.1 Å². The molecule has 0 radical (unpaired) electrons. The van der Waals surface area contributed by atoms with Gasteiger partial charge in [0.2, 0.25) is 0 Å². The summed E-state index contributed by atoms with van der Waals surface area (Å²) in [6.45, 7) is 2.19. The van der Waals surface area contributed by atoms with Gasteiger partial charge in [-0.1, -0.05) is 64.7 Å². The van der Waals surface area contributed by atoms with Crippen LogP contribution in [0.5, 0.6) is 0 Å². The van der Waals surface area contributed by atoms with E-state index >= 15 is 0 Å². The highest BCUT2D eigenvalue weighted by Crippen LogP contribution is 2.12. The van der Waals surface area contributed by atoms with Gasteiger partial charge in [0, 0.05) is 16.6 Å². The summed E-state index contributed by atoms with van der Waals surface area (Å²) in [5.41, 5.74) is 0. The smallest absolute Gasteiger partial charge is 0.334 e. The average molecular weight is 350 g/mol. The van der Waals surface area contributed by atoms with E-state index in [-0.39, 0.29) is 5.75 Å². The van der Waals surface area contributed by atoms with Crippen LogP contribution in [0.3, 0.4) is 0 Å². The second-order valence-electron chi connectivity index (χ2n) is 5.81. The van der Waals surface area contributed by atoms with E-state index in [1.807, 2.05) is 0 Å². The standard InChI is InChI=1S/C16H30O6S/c1-2-3-4-5-6-7-8-9-10-11-12-23(22)14(16(20)21)13(17)15(18)19/h13-14,17H,2-12H2,1H3,(H,18,19)(H,20,21). The molecule has 0 aromatic rings. The van der Waals surface area contributed by atoms with E-state index in [1.165, 1.54) is 38.5 Å². The molecular weight excluding hydrogens is 320 g/mol. The van der Waals surface area contributed by atoms with Gasteiger partial charge in [-0.2, -0.15) is 0 Å². The van der Waals surface area contributed by atoms with Gasteiger partial charge in [0.05, 0.1) is 0 Å². The van der Waals surface area contributed by atoms with Crippen molar-refractivity contribution in [2.45, 2.75) is 82.5 Å². The number of aliphatic carboxylic acids is 2. The molecule has 7 heteroatoms. The maximum atomic E-state index is 11.9. The molecular formula is C16H30O6S. The average Bonchev–Trinajstić information content (AvgIpc) is 2.48. The number of hydrogen-bond acceptors (Lipinski definition) is 4. The first-order chi connectivity index (χ1) is 10.9. The highest BCUT2D eigenvalue weighted by Gasteiger charge is 2.36. The minimum absolute atomic E-state index is 0.109. The molecule has 0 saturated carbocycles. The zero-order chi connectivity index (χ0) is 17.7. The molecule has 6 nitrogen and oxygen atoms in total. The van der Waals surface area contributed by atoms with Gasteiger partial charge in [0.1, 0.15) is 0 Å². The molecule has 3 unspecified atom stereocenters. The fraction of sp³-hybridized carbons (Fsp3) is 0.875. The van der Waals surface area contributed by atoms with Crippen LogP contribution in [0.1, 0.15) is 71.1 Å². The molecule has 0 spiro atoms. The van der Waals surface area contributed by atoms with Crippen molar-refractivity contribution in [2.75, 3.05) is 5.75 Å². The summed E-state index contributed by atoms with van der Waals surface area (Å²) in [4.78, 5) is 21.6. The zero-order valence-electron chi connectivity index (χ0n) is 13.9. The number of hydrogen-bond donors (Lipinski definition) is 3. The summed E-state index contributed by atoms with van der Waals surface area (Å²) in [6, 6.07) is 0. The molecule has 0 aliphatic rings. The SMILES string of the molecule is CCCCCCCCCCCCS(=O)C(C(=O)O)C(O)C(=O)O. The van der Waals surface area contributed by atoms with Gasteiger partial charge in [-0.15, -0.1) is 0 Å². The number of carboxylic acid groups (broad SMARTS) is 2. The molecule has 3 atom stereocenters. The largest absolute Gasteiger partial charge is 0.480 e.